The highest BCUT2D eigenvalue weighted by Crippen LogP contribution is 2.33. The highest BCUT2D eigenvalue weighted by molar-refractivity contribution is 5.87. The van der Waals surface area contributed by atoms with E-state index >= 15 is 0 Å². The molecule has 0 amide bonds. The van der Waals surface area contributed by atoms with Crippen molar-refractivity contribution in [3.8, 4) is 0 Å². The van der Waals surface area contributed by atoms with Crippen LogP contribution >= 0.6 is 0 Å². The first-order valence-corrected chi connectivity index (χ1v) is 6.20. The van der Waals surface area contributed by atoms with Crippen LogP contribution in [0.1, 0.15) is 33.9 Å². The van der Waals surface area contributed by atoms with Gasteiger partial charge in [0.15, 0.2) is 0 Å². The standard InChI is InChI=1S/C15H13NO3/c17-14-8-6-11(15(18)19)9-16(14)13-7-5-10-3-1-2-4-12(10)13/h1-4,6,8-9,13H,5,7H2,(H,18,19). The molecule has 0 spiro atoms. The topological polar surface area (TPSA) is 59.3 Å². The molecule has 3 rings (SSSR count). The number of aromatic carboxylic acids is 1. The highest BCUT2D eigenvalue weighted by atomic mass is 16.4. The molecule has 1 aromatic carbocycles. The first-order valence-electron chi connectivity index (χ1n) is 6.20. The Hall–Kier alpha value is -2.36. The Morgan fingerprint density at radius 1 is 1.21 bits per heavy atom. The lowest BCUT2D eigenvalue weighted by Crippen LogP contribution is -2.24. The van der Waals surface area contributed by atoms with E-state index in [1.165, 1.54) is 28.5 Å². The number of benzene rings is 1. The third-order valence-corrected chi connectivity index (χ3v) is 3.62. The van der Waals surface area contributed by atoms with E-state index < -0.39 is 5.97 Å². The Kier molecular flexibility index (Phi) is 2.71. The molecular formula is C15H13NO3. The molecule has 1 aliphatic rings. The molecule has 4 heteroatoms. The summed E-state index contributed by atoms with van der Waals surface area (Å²) in [6, 6.07) is 10.6. The number of carboxylic acid groups (broad SMARTS) is 1. The quantitative estimate of drug-likeness (QED) is 0.893. The summed E-state index contributed by atoms with van der Waals surface area (Å²) in [5.74, 6) is -1.01. The maximum atomic E-state index is 12.0. The summed E-state index contributed by atoms with van der Waals surface area (Å²) in [7, 11) is 0. The molecule has 0 saturated heterocycles. The van der Waals surface area contributed by atoms with Crippen LogP contribution in [-0.2, 0) is 6.42 Å². The van der Waals surface area contributed by atoms with E-state index in [9.17, 15) is 9.59 Å². The fourth-order valence-electron chi connectivity index (χ4n) is 2.70. The number of hydrogen-bond acceptors (Lipinski definition) is 2. The minimum absolute atomic E-state index is 0.0528. The lowest BCUT2D eigenvalue weighted by atomic mass is 10.1. The summed E-state index contributed by atoms with van der Waals surface area (Å²) in [5, 5.41) is 9.02. The van der Waals surface area contributed by atoms with Crippen molar-refractivity contribution in [1.82, 2.24) is 4.57 Å². The van der Waals surface area contributed by atoms with Gasteiger partial charge < -0.3 is 9.67 Å². The van der Waals surface area contributed by atoms with Gasteiger partial charge in [-0.05, 0) is 30.0 Å². The summed E-state index contributed by atoms with van der Waals surface area (Å²) >= 11 is 0. The Balaban J connectivity index is 2.11. The summed E-state index contributed by atoms with van der Waals surface area (Å²) in [6.45, 7) is 0. The van der Waals surface area contributed by atoms with E-state index in [0.29, 0.717) is 0 Å². The molecule has 1 aromatic heterocycles. The molecule has 0 saturated carbocycles. The highest BCUT2D eigenvalue weighted by Gasteiger charge is 2.24. The van der Waals surface area contributed by atoms with Gasteiger partial charge in [-0.2, -0.15) is 0 Å². The number of carboxylic acids is 1. The molecule has 0 radical (unpaired) electrons. The van der Waals surface area contributed by atoms with E-state index in [0.717, 1.165) is 18.4 Å². The van der Waals surface area contributed by atoms with Crippen molar-refractivity contribution in [2.24, 2.45) is 0 Å². The number of fused-ring (bicyclic) bond motifs is 1. The van der Waals surface area contributed by atoms with Gasteiger partial charge in [-0.1, -0.05) is 24.3 Å². The van der Waals surface area contributed by atoms with Crippen LogP contribution in [0.25, 0.3) is 0 Å². The van der Waals surface area contributed by atoms with Crippen molar-refractivity contribution >= 4 is 5.97 Å². The van der Waals surface area contributed by atoms with Crippen LogP contribution in [0.4, 0.5) is 0 Å². The number of aryl methyl sites for hydroxylation is 1. The Morgan fingerprint density at radius 3 is 2.79 bits per heavy atom. The molecule has 1 N–H and O–H groups in total. The molecule has 4 nitrogen and oxygen atoms in total. The minimum atomic E-state index is -1.01. The molecule has 1 heterocycles. The summed E-state index contributed by atoms with van der Waals surface area (Å²) in [5.41, 5.74) is 2.34. The van der Waals surface area contributed by atoms with Gasteiger partial charge in [-0.25, -0.2) is 4.79 Å². The zero-order chi connectivity index (χ0) is 13.4. The van der Waals surface area contributed by atoms with Crippen LogP contribution in [0.3, 0.4) is 0 Å². The van der Waals surface area contributed by atoms with E-state index in [1.807, 2.05) is 18.2 Å². The Labute approximate surface area is 109 Å². The fourth-order valence-corrected chi connectivity index (χ4v) is 2.70. The van der Waals surface area contributed by atoms with Gasteiger partial charge in [0.1, 0.15) is 0 Å². The zero-order valence-electron chi connectivity index (χ0n) is 10.2. The summed E-state index contributed by atoms with van der Waals surface area (Å²) < 4.78 is 1.54. The minimum Gasteiger partial charge on any atom is -0.478 e. The number of hydrogen-bond donors (Lipinski definition) is 1. The van der Waals surface area contributed by atoms with Crippen molar-refractivity contribution in [3.05, 3.63) is 69.6 Å². The SMILES string of the molecule is O=C(O)c1ccc(=O)n(C2CCc3ccccc32)c1. The van der Waals surface area contributed by atoms with Crippen LogP contribution in [0.15, 0.2) is 47.4 Å². The third kappa shape index (κ3) is 1.95. The van der Waals surface area contributed by atoms with Crippen molar-refractivity contribution in [2.75, 3.05) is 0 Å². The van der Waals surface area contributed by atoms with Gasteiger partial charge in [0.2, 0.25) is 0 Å². The first-order chi connectivity index (χ1) is 9.16. The molecule has 2 aromatic rings. The number of aromatic nitrogens is 1. The van der Waals surface area contributed by atoms with Gasteiger partial charge in [0.25, 0.3) is 5.56 Å². The van der Waals surface area contributed by atoms with Crippen LogP contribution in [0.2, 0.25) is 0 Å². The smallest absolute Gasteiger partial charge is 0.337 e. The van der Waals surface area contributed by atoms with Gasteiger partial charge in [-0.3, -0.25) is 4.79 Å². The van der Waals surface area contributed by atoms with Crippen molar-refractivity contribution in [2.45, 2.75) is 18.9 Å². The van der Waals surface area contributed by atoms with E-state index in [-0.39, 0.29) is 17.2 Å². The lowest BCUT2D eigenvalue weighted by Gasteiger charge is -2.15. The number of carbonyl (C=O) groups is 1. The number of nitrogens with zero attached hydrogens (tertiary/aromatic N) is 1. The van der Waals surface area contributed by atoms with Crippen LogP contribution in [0.5, 0.6) is 0 Å². The second kappa shape index (κ2) is 4.39. The predicted octanol–water partition coefficient (Wildman–Crippen LogP) is 2.08. The molecule has 1 aliphatic carbocycles. The molecule has 0 aliphatic heterocycles. The number of rotatable bonds is 2. The van der Waals surface area contributed by atoms with Crippen molar-refractivity contribution in [3.63, 3.8) is 0 Å². The van der Waals surface area contributed by atoms with Crippen LogP contribution < -0.4 is 5.56 Å². The Morgan fingerprint density at radius 2 is 2.00 bits per heavy atom. The molecule has 1 unspecified atom stereocenters. The molecule has 96 valence electrons. The van der Waals surface area contributed by atoms with Gasteiger partial charge in [0.05, 0.1) is 11.6 Å². The van der Waals surface area contributed by atoms with Crippen molar-refractivity contribution in [1.29, 1.82) is 0 Å². The van der Waals surface area contributed by atoms with E-state index in [2.05, 4.69) is 6.07 Å². The van der Waals surface area contributed by atoms with Gasteiger partial charge in [-0.15, -0.1) is 0 Å². The molecular weight excluding hydrogens is 242 g/mol. The van der Waals surface area contributed by atoms with Gasteiger partial charge in [0, 0.05) is 12.3 Å². The van der Waals surface area contributed by atoms with Gasteiger partial charge >= 0.3 is 5.97 Å². The molecule has 0 bridgehead atoms. The summed E-state index contributed by atoms with van der Waals surface area (Å²) in [4.78, 5) is 23.0. The van der Waals surface area contributed by atoms with E-state index in [1.54, 1.807) is 0 Å². The normalized spacial score (nSPS) is 17.2. The first kappa shape index (κ1) is 11.7. The van der Waals surface area contributed by atoms with Crippen LogP contribution in [0, 0.1) is 0 Å². The van der Waals surface area contributed by atoms with Crippen LogP contribution in [-0.4, -0.2) is 15.6 Å². The predicted molar refractivity (Wildman–Crippen MR) is 70.6 cm³/mol. The second-order valence-corrected chi connectivity index (χ2v) is 4.72. The Bertz CT molecular complexity index is 703. The summed E-state index contributed by atoms with van der Waals surface area (Å²) in [6.07, 6.45) is 3.20. The van der Waals surface area contributed by atoms with E-state index in [4.69, 9.17) is 5.11 Å². The monoisotopic (exact) mass is 255 g/mol. The molecule has 1 atom stereocenters. The average molecular weight is 255 g/mol. The number of pyridine rings is 1. The largest absolute Gasteiger partial charge is 0.478 e. The molecule has 0 fully saturated rings. The average Bonchev–Trinajstić information content (AvgIpc) is 2.83. The maximum Gasteiger partial charge on any atom is 0.337 e. The zero-order valence-corrected chi connectivity index (χ0v) is 10.2. The maximum absolute atomic E-state index is 12.0. The third-order valence-electron chi connectivity index (χ3n) is 3.62. The molecule has 19 heavy (non-hydrogen) atoms. The lowest BCUT2D eigenvalue weighted by molar-refractivity contribution is 0.0695. The fraction of sp³-hybridized carbons (Fsp3) is 0.200. The second-order valence-electron chi connectivity index (χ2n) is 4.72. The van der Waals surface area contributed by atoms with Crippen molar-refractivity contribution < 1.29 is 9.90 Å².